The summed E-state index contributed by atoms with van der Waals surface area (Å²) in [5.74, 6) is -0.374. The Morgan fingerprint density at radius 2 is 1.45 bits per heavy atom. The van der Waals surface area contributed by atoms with Gasteiger partial charge in [-0.2, -0.15) is 0 Å². The zero-order chi connectivity index (χ0) is 37.2. The first kappa shape index (κ1) is 36.8. The van der Waals surface area contributed by atoms with Crippen molar-refractivity contribution in [2.45, 2.75) is 37.5 Å². The molecule has 0 spiro atoms. The summed E-state index contributed by atoms with van der Waals surface area (Å²) in [4.78, 5) is 46.3. The lowest BCUT2D eigenvalue weighted by atomic mass is 10.1. The predicted molar refractivity (Wildman–Crippen MR) is 215 cm³/mol. The highest BCUT2D eigenvalue weighted by Gasteiger charge is 2.19. The van der Waals surface area contributed by atoms with Crippen LogP contribution >= 0.6 is 23.1 Å². The molecular weight excluding hydrogens is 701 g/mol. The van der Waals surface area contributed by atoms with Crippen LogP contribution < -0.4 is 20.7 Å². The van der Waals surface area contributed by atoms with E-state index in [-0.39, 0.29) is 11.6 Å². The second-order valence-electron chi connectivity index (χ2n) is 12.2. The van der Waals surface area contributed by atoms with Gasteiger partial charge in [0.1, 0.15) is 18.1 Å². The van der Waals surface area contributed by atoms with Gasteiger partial charge in [-0.15, -0.1) is 23.1 Å². The number of amides is 3. The molecule has 3 N–H and O–H groups in total. The maximum absolute atomic E-state index is 13.6. The number of nitrogens with zero attached hydrogens (tertiary/aromatic N) is 1. The second kappa shape index (κ2) is 17.5. The number of aryl methyl sites for hydroxylation is 2. The molecule has 0 saturated carbocycles. The molecule has 1 unspecified atom stereocenters. The van der Waals surface area contributed by atoms with Crippen LogP contribution in [0.1, 0.15) is 38.8 Å². The van der Waals surface area contributed by atoms with Gasteiger partial charge >= 0.3 is 0 Å². The Morgan fingerprint density at radius 1 is 0.792 bits per heavy atom. The smallest absolute Gasteiger partial charge is 0.272 e. The minimum absolute atomic E-state index is 0.0727. The number of hydrogen-bond donors (Lipinski definition) is 3. The van der Waals surface area contributed by atoms with Crippen molar-refractivity contribution in [2.75, 3.05) is 10.6 Å². The number of anilines is 2. The number of ether oxygens (including phenoxy) is 1. The molecule has 0 fully saturated rings. The lowest BCUT2D eigenvalue weighted by Crippen LogP contribution is -2.30. The van der Waals surface area contributed by atoms with Gasteiger partial charge in [0.15, 0.2) is 5.13 Å². The van der Waals surface area contributed by atoms with E-state index in [4.69, 9.17) is 4.74 Å². The van der Waals surface area contributed by atoms with Crippen LogP contribution in [0, 0.1) is 13.8 Å². The van der Waals surface area contributed by atoms with Crippen LogP contribution in [-0.2, 0) is 16.2 Å². The van der Waals surface area contributed by atoms with Crippen molar-refractivity contribution < 1.29 is 19.1 Å². The zero-order valence-corrected chi connectivity index (χ0v) is 31.1. The molecule has 10 heteroatoms. The van der Waals surface area contributed by atoms with Crippen LogP contribution in [-0.4, -0.2) is 28.0 Å². The summed E-state index contributed by atoms with van der Waals surface area (Å²) < 4.78 is 5.90. The molecule has 1 aromatic heterocycles. The van der Waals surface area contributed by atoms with Gasteiger partial charge in [0.25, 0.3) is 11.8 Å². The summed E-state index contributed by atoms with van der Waals surface area (Å²) in [5, 5.41) is 8.78. The van der Waals surface area contributed by atoms with Crippen LogP contribution in [0.2, 0.25) is 0 Å². The van der Waals surface area contributed by atoms with Crippen LogP contribution in [0.3, 0.4) is 0 Å². The Bertz CT molecular complexity index is 2200. The van der Waals surface area contributed by atoms with Crippen molar-refractivity contribution in [1.82, 2.24) is 10.3 Å². The van der Waals surface area contributed by atoms with Gasteiger partial charge in [-0.05, 0) is 86.5 Å². The fraction of sp³-hybridized carbons (Fsp3) is 0.116. The van der Waals surface area contributed by atoms with E-state index in [2.05, 4.69) is 20.9 Å². The number of benzene rings is 5. The van der Waals surface area contributed by atoms with E-state index in [0.29, 0.717) is 34.3 Å². The number of rotatable bonds is 13. The SMILES string of the molecule is Cc1ccc(-c2nc(NC(=O)C(C)Sc3ccc(NC(=O)/C(=C/c4ccc(OCc5ccccc5)cc4)NC(=O)c4ccccc4)cc3)sc2C)cc1. The van der Waals surface area contributed by atoms with Crippen molar-refractivity contribution in [2.24, 2.45) is 0 Å². The molecule has 0 aliphatic rings. The standard InChI is InChI=1S/C43H38N4O4S2/c1-28-14-18-33(19-15-28)39-29(2)53-43(46-39)47-40(48)30(3)52-37-24-20-35(21-25-37)44-42(50)38(45-41(49)34-12-8-5-9-13-34)26-31-16-22-36(23-17-31)51-27-32-10-6-4-7-11-32/h4-26,30H,27H2,1-3H3,(H,44,50)(H,45,49)(H,46,47,48)/b38-26-. The molecule has 0 aliphatic carbocycles. The average Bonchev–Trinajstić information content (AvgIpc) is 3.55. The first-order chi connectivity index (χ1) is 25.7. The molecule has 5 aromatic carbocycles. The van der Waals surface area contributed by atoms with E-state index >= 15 is 0 Å². The average molecular weight is 739 g/mol. The number of aromatic nitrogens is 1. The van der Waals surface area contributed by atoms with Crippen LogP contribution in [0.4, 0.5) is 10.8 Å². The van der Waals surface area contributed by atoms with Gasteiger partial charge in [0.05, 0.1) is 10.9 Å². The molecule has 1 atom stereocenters. The summed E-state index contributed by atoms with van der Waals surface area (Å²) in [6.07, 6.45) is 1.62. The number of thioether (sulfide) groups is 1. The third kappa shape index (κ3) is 10.3. The van der Waals surface area contributed by atoms with E-state index in [1.165, 1.54) is 28.7 Å². The van der Waals surface area contributed by atoms with Crippen LogP contribution in [0.5, 0.6) is 5.75 Å². The highest BCUT2D eigenvalue weighted by atomic mass is 32.2. The molecule has 3 amide bonds. The monoisotopic (exact) mass is 738 g/mol. The Balaban J connectivity index is 1.09. The summed E-state index contributed by atoms with van der Waals surface area (Å²) in [5.41, 5.74) is 5.84. The van der Waals surface area contributed by atoms with Gasteiger partial charge < -0.3 is 20.7 Å². The second-order valence-corrected chi connectivity index (χ2v) is 14.9. The van der Waals surface area contributed by atoms with E-state index in [1.807, 2.05) is 118 Å². The Morgan fingerprint density at radius 3 is 2.13 bits per heavy atom. The quantitative estimate of drug-likeness (QED) is 0.0805. The number of nitrogens with one attached hydrogen (secondary N) is 3. The topological polar surface area (TPSA) is 109 Å². The fourth-order valence-electron chi connectivity index (χ4n) is 5.22. The molecule has 0 radical (unpaired) electrons. The van der Waals surface area contributed by atoms with Gasteiger partial charge in [0.2, 0.25) is 5.91 Å². The number of carbonyl (C=O) groups is 3. The first-order valence-electron chi connectivity index (χ1n) is 17.0. The van der Waals surface area contributed by atoms with Crippen LogP contribution in [0.15, 0.2) is 144 Å². The molecule has 6 aromatic rings. The van der Waals surface area contributed by atoms with Gasteiger partial charge in [-0.3, -0.25) is 14.4 Å². The van der Waals surface area contributed by atoms with Crippen molar-refractivity contribution in [3.8, 4) is 17.0 Å². The molecular formula is C43H38N4O4S2. The normalized spacial score (nSPS) is 11.7. The Labute approximate surface area is 317 Å². The molecule has 0 saturated heterocycles. The van der Waals surface area contributed by atoms with E-state index in [1.54, 1.807) is 42.5 Å². The minimum atomic E-state index is -0.490. The molecule has 53 heavy (non-hydrogen) atoms. The first-order valence-corrected chi connectivity index (χ1v) is 18.7. The molecule has 8 nitrogen and oxygen atoms in total. The van der Waals surface area contributed by atoms with Crippen molar-refractivity contribution in [3.63, 3.8) is 0 Å². The number of hydrogen-bond acceptors (Lipinski definition) is 7. The van der Waals surface area contributed by atoms with Crippen LogP contribution in [0.25, 0.3) is 17.3 Å². The summed E-state index contributed by atoms with van der Waals surface area (Å²) >= 11 is 2.85. The van der Waals surface area contributed by atoms with Crippen molar-refractivity contribution >= 4 is 57.7 Å². The summed E-state index contributed by atoms with van der Waals surface area (Å²) in [7, 11) is 0. The fourth-order valence-corrected chi connectivity index (χ4v) is 6.93. The molecule has 6 rings (SSSR count). The number of carbonyl (C=O) groups excluding carboxylic acids is 3. The maximum atomic E-state index is 13.6. The highest BCUT2D eigenvalue weighted by Crippen LogP contribution is 2.32. The van der Waals surface area contributed by atoms with E-state index in [9.17, 15) is 14.4 Å². The molecule has 0 aliphatic heterocycles. The highest BCUT2D eigenvalue weighted by molar-refractivity contribution is 8.00. The lowest BCUT2D eigenvalue weighted by Gasteiger charge is -2.13. The van der Waals surface area contributed by atoms with Gasteiger partial charge in [-0.1, -0.05) is 90.5 Å². The van der Waals surface area contributed by atoms with Gasteiger partial charge in [0, 0.05) is 26.6 Å². The third-order valence-corrected chi connectivity index (χ3v) is 10.1. The summed E-state index contributed by atoms with van der Waals surface area (Å²) in [6, 6.07) is 41.3. The Kier molecular flexibility index (Phi) is 12.2. The molecule has 266 valence electrons. The Hall–Kier alpha value is -5.97. The third-order valence-electron chi connectivity index (χ3n) is 8.11. The number of thiazole rings is 1. The van der Waals surface area contributed by atoms with Crippen molar-refractivity contribution in [1.29, 1.82) is 0 Å². The van der Waals surface area contributed by atoms with E-state index in [0.717, 1.165) is 26.6 Å². The van der Waals surface area contributed by atoms with Gasteiger partial charge in [-0.25, -0.2) is 4.98 Å². The van der Waals surface area contributed by atoms with E-state index < -0.39 is 17.1 Å². The maximum Gasteiger partial charge on any atom is 0.272 e. The molecule has 1 heterocycles. The zero-order valence-electron chi connectivity index (χ0n) is 29.5. The minimum Gasteiger partial charge on any atom is -0.489 e. The predicted octanol–water partition coefficient (Wildman–Crippen LogP) is 9.53. The largest absolute Gasteiger partial charge is 0.489 e. The summed E-state index contributed by atoms with van der Waals surface area (Å²) in [6.45, 7) is 6.31. The van der Waals surface area contributed by atoms with Crippen molar-refractivity contribution in [3.05, 3.63) is 166 Å². The lowest BCUT2D eigenvalue weighted by molar-refractivity contribution is -0.115. The molecule has 0 bridgehead atoms.